The highest BCUT2D eigenvalue weighted by Crippen LogP contribution is 2.46. The average Bonchev–Trinajstić information content (AvgIpc) is 3.86. The van der Waals surface area contributed by atoms with E-state index in [2.05, 4.69) is 139 Å². The standard InChI is InChI=1S/C51H33N3O2/c1-4-15-32(16-5-1)45-37(35-21-12-22-36(31-35)51-53-49(33-17-6-2-7-18-33)52-50(54-51)34-19-8-3-9-20-34)29-30-41-40-26-13-25-39(47(40)56-48(41)45)38-24-14-28-44-46(38)42-23-10-11-27-43(42)55-44/h1-31,49H,(H,52,53,54). The van der Waals surface area contributed by atoms with Crippen LogP contribution in [-0.4, -0.2) is 11.7 Å². The monoisotopic (exact) mass is 719 g/mol. The number of rotatable bonds is 6. The van der Waals surface area contributed by atoms with E-state index in [0.29, 0.717) is 5.84 Å². The van der Waals surface area contributed by atoms with Gasteiger partial charge in [0.1, 0.15) is 34.3 Å². The first kappa shape index (κ1) is 32.0. The first-order valence-corrected chi connectivity index (χ1v) is 18.9. The topological polar surface area (TPSA) is 63.0 Å². The SMILES string of the molecule is c1ccc(C2=NC(c3cccc(-c4ccc5c(oc6c(-c7cccc8oc9ccccc9c78)cccc65)c4-c4ccccc4)c3)=NC(c3ccccc3)N2)cc1. The molecule has 1 unspecified atom stereocenters. The summed E-state index contributed by atoms with van der Waals surface area (Å²) in [6, 6.07) is 65.0. The second-order valence-corrected chi connectivity index (χ2v) is 14.1. The first-order valence-electron chi connectivity index (χ1n) is 18.9. The number of para-hydroxylation sites is 2. The minimum Gasteiger partial charge on any atom is -0.456 e. The maximum atomic E-state index is 7.11. The number of aliphatic imine (C=N–C) groups is 2. The summed E-state index contributed by atoms with van der Waals surface area (Å²) in [6.07, 6.45) is -0.283. The van der Waals surface area contributed by atoms with Gasteiger partial charge in [0.2, 0.25) is 0 Å². The summed E-state index contributed by atoms with van der Waals surface area (Å²) in [4.78, 5) is 10.3. The number of amidine groups is 2. The third-order valence-electron chi connectivity index (χ3n) is 10.8. The largest absolute Gasteiger partial charge is 0.456 e. The quantitative estimate of drug-likeness (QED) is 0.186. The highest BCUT2D eigenvalue weighted by molar-refractivity contribution is 6.19. The normalized spacial score (nSPS) is 14.2. The molecule has 11 rings (SSSR count). The molecule has 2 aromatic heterocycles. The molecular weight excluding hydrogens is 687 g/mol. The Morgan fingerprint density at radius 2 is 1.05 bits per heavy atom. The van der Waals surface area contributed by atoms with Gasteiger partial charge in [-0.3, -0.25) is 0 Å². The van der Waals surface area contributed by atoms with Crippen molar-refractivity contribution in [1.82, 2.24) is 5.32 Å². The van der Waals surface area contributed by atoms with Crippen molar-refractivity contribution in [2.75, 3.05) is 0 Å². The molecule has 1 aliphatic rings. The summed E-state index contributed by atoms with van der Waals surface area (Å²) in [5.74, 6) is 1.47. The predicted molar refractivity (Wildman–Crippen MR) is 229 cm³/mol. The van der Waals surface area contributed by atoms with E-state index in [1.54, 1.807) is 0 Å². The lowest BCUT2D eigenvalue weighted by atomic mass is 9.91. The molecule has 0 amide bonds. The number of hydrogen-bond donors (Lipinski definition) is 1. The van der Waals surface area contributed by atoms with E-state index in [4.69, 9.17) is 18.8 Å². The van der Waals surface area contributed by atoms with Gasteiger partial charge in [-0.05, 0) is 52.1 Å². The Hall–Kier alpha value is -7.50. The lowest BCUT2D eigenvalue weighted by Crippen LogP contribution is -2.33. The molecule has 3 heterocycles. The molecular formula is C51H33N3O2. The molecule has 0 aliphatic carbocycles. The minimum atomic E-state index is -0.283. The van der Waals surface area contributed by atoms with Crippen LogP contribution in [0.5, 0.6) is 0 Å². The Morgan fingerprint density at radius 3 is 1.89 bits per heavy atom. The van der Waals surface area contributed by atoms with Gasteiger partial charge in [0, 0.05) is 43.8 Å². The van der Waals surface area contributed by atoms with Gasteiger partial charge in [0.25, 0.3) is 0 Å². The van der Waals surface area contributed by atoms with Gasteiger partial charge in [0.15, 0.2) is 5.84 Å². The second-order valence-electron chi connectivity index (χ2n) is 14.1. The van der Waals surface area contributed by atoms with Crippen LogP contribution in [0.2, 0.25) is 0 Å². The van der Waals surface area contributed by atoms with Gasteiger partial charge in [-0.1, -0.05) is 164 Å². The minimum absolute atomic E-state index is 0.283. The lowest BCUT2D eigenvalue weighted by Gasteiger charge is -2.23. The molecule has 56 heavy (non-hydrogen) atoms. The zero-order valence-electron chi connectivity index (χ0n) is 30.2. The molecule has 1 N–H and O–H groups in total. The molecule has 0 saturated heterocycles. The Balaban J connectivity index is 1.10. The predicted octanol–water partition coefficient (Wildman–Crippen LogP) is 13.0. The van der Waals surface area contributed by atoms with Crippen molar-refractivity contribution in [3.63, 3.8) is 0 Å². The fourth-order valence-electron chi connectivity index (χ4n) is 8.16. The maximum Gasteiger partial charge on any atom is 0.159 e. The molecule has 1 atom stereocenters. The van der Waals surface area contributed by atoms with Crippen molar-refractivity contribution in [2.24, 2.45) is 9.98 Å². The van der Waals surface area contributed by atoms with Gasteiger partial charge in [-0.15, -0.1) is 0 Å². The summed E-state index contributed by atoms with van der Waals surface area (Å²) < 4.78 is 13.4. The zero-order chi connectivity index (χ0) is 37.0. The Morgan fingerprint density at radius 1 is 0.429 bits per heavy atom. The highest BCUT2D eigenvalue weighted by atomic mass is 16.3. The third-order valence-corrected chi connectivity index (χ3v) is 10.8. The third kappa shape index (κ3) is 5.32. The second kappa shape index (κ2) is 13.1. The van der Waals surface area contributed by atoms with Crippen LogP contribution >= 0.6 is 0 Å². The van der Waals surface area contributed by atoms with Gasteiger partial charge in [-0.25, -0.2) is 9.98 Å². The van der Waals surface area contributed by atoms with E-state index in [-0.39, 0.29) is 6.17 Å². The molecule has 264 valence electrons. The van der Waals surface area contributed by atoms with Crippen molar-refractivity contribution in [3.05, 3.63) is 205 Å². The van der Waals surface area contributed by atoms with E-state index in [1.165, 1.54) is 0 Å². The van der Waals surface area contributed by atoms with E-state index in [0.717, 1.165) is 99.8 Å². The fraction of sp³-hybridized carbons (Fsp3) is 0.0196. The van der Waals surface area contributed by atoms with E-state index >= 15 is 0 Å². The molecule has 0 saturated carbocycles. The highest BCUT2D eigenvalue weighted by Gasteiger charge is 2.24. The van der Waals surface area contributed by atoms with Crippen LogP contribution in [0.1, 0.15) is 22.9 Å². The number of furan rings is 2. The zero-order valence-corrected chi connectivity index (χ0v) is 30.2. The summed E-state index contributed by atoms with van der Waals surface area (Å²) >= 11 is 0. The van der Waals surface area contributed by atoms with Crippen molar-refractivity contribution < 1.29 is 8.83 Å². The summed E-state index contributed by atoms with van der Waals surface area (Å²) in [6.45, 7) is 0. The molecule has 8 aromatic carbocycles. The van der Waals surface area contributed by atoms with Crippen LogP contribution in [-0.2, 0) is 0 Å². The Bertz CT molecular complexity index is 3160. The molecule has 5 heteroatoms. The van der Waals surface area contributed by atoms with Crippen molar-refractivity contribution in [3.8, 4) is 33.4 Å². The molecule has 0 spiro atoms. The van der Waals surface area contributed by atoms with E-state index in [1.807, 2.05) is 54.6 Å². The molecule has 0 radical (unpaired) electrons. The summed E-state index contributed by atoms with van der Waals surface area (Å²) in [5, 5.41) is 7.88. The lowest BCUT2D eigenvalue weighted by molar-refractivity contribution is 0.669. The summed E-state index contributed by atoms with van der Waals surface area (Å²) in [7, 11) is 0. The molecule has 1 aliphatic heterocycles. The van der Waals surface area contributed by atoms with Gasteiger partial charge in [0.05, 0.1) is 0 Å². The van der Waals surface area contributed by atoms with Crippen molar-refractivity contribution in [1.29, 1.82) is 0 Å². The number of nitrogens with one attached hydrogen (secondary N) is 1. The Labute approximate surface area is 322 Å². The van der Waals surface area contributed by atoms with E-state index in [9.17, 15) is 0 Å². The van der Waals surface area contributed by atoms with Crippen LogP contribution in [0.3, 0.4) is 0 Å². The van der Waals surface area contributed by atoms with Crippen molar-refractivity contribution in [2.45, 2.75) is 6.17 Å². The average molecular weight is 720 g/mol. The first-order chi connectivity index (χ1) is 27.8. The number of fused-ring (bicyclic) bond motifs is 6. The number of hydrogen-bond acceptors (Lipinski definition) is 5. The number of nitrogens with zero attached hydrogens (tertiary/aromatic N) is 2. The van der Waals surface area contributed by atoms with Crippen LogP contribution in [0.15, 0.2) is 207 Å². The van der Waals surface area contributed by atoms with Gasteiger partial charge in [-0.2, -0.15) is 0 Å². The van der Waals surface area contributed by atoms with Crippen molar-refractivity contribution >= 4 is 55.5 Å². The Kier molecular flexibility index (Phi) is 7.49. The molecule has 0 fully saturated rings. The fourth-order valence-corrected chi connectivity index (χ4v) is 8.16. The molecule has 0 bridgehead atoms. The number of benzene rings is 8. The summed E-state index contributed by atoms with van der Waals surface area (Å²) in [5.41, 5.74) is 12.8. The van der Waals surface area contributed by atoms with Gasteiger partial charge < -0.3 is 14.2 Å². The van der Waals surface area contributed by atoms with Crippen LogP contribution in [0.25, 0.3) is 77.3 Å². The van der Waals surface area contributed by atoms with E-state index < -0.39 is 0 Å². The van der Waals surface area contributed by atoms with Crippen LogP contribution < -0.4 is 5.32 Å². The molecule has 10 aromatic rings. The van der Waals surface area contributed by atoms with Gasteiger partial charge >= 0.3 is 0 Å². The van der Waals surface area contributed by atoms with Crippen LogP contribution in [0, 0.1) is 0 Å². The smallest absolute Gasteiger partial charge is 0.159 e. The molecule has 5 nitrogen and oxygen atoms in total. The maximum absolute atomic E-state index is 7.11. The van der Waals surface area contributed by atoms with Crippen LogP contribution in [0.4, 0.5) is 0 Å².